The fourth-order valence-electron chi connectivity index (χ4n) is 4.48. The van der Waals surface area contributed by atoms with Crippen LogP contribution in [0.2, 0.25) is 0 Å². The fraction of sp³-hybridized carbons (Fsp3) is 0.444. The molecule has 4 heterocycles. The molecule has 1 saturated heterocycles. The van der Waals surface area contributed by atoms with E-state index in [1.807, 2.05) is 57.2 Å². The number of hydrogen-bond acceptors (Lipinski definition) is 9. The van der Waals surface area contributed by atoms with Crippen molar-refractivity contribution in [2.45, 2.75) is 40.4 Å². The number of nitrogen functional groups attached to an aromatic ring is 3. The highest BCUT2D eigenvalue weighted by Gasteiger charge is 2.19. The van der Waals surface area contributed by atoms with Gasteiger partial charge in [-0.2, -0.15) is 0 Å². The summed E-state index contributed by atoms with van der Waals surface area (Å²) in [7, 11) is 0. The number of anilines is 3. The van der Waals surface area contributed by atoms with E-state index in [-0.39, 0.29) is 0 Å². The van der Waals surface area contributed by atoms with E-state index < -0.39 is 0 Å². The second-order valence-corrected chi connectivity index (χ2v) is 9.76. The lowest BCUT2D eigenvalue weighted by molar-refractivity contribution is 0.206. The van der Waals surface area contributed by atoms with Gasteiger partial charge < -0.3 is 17.2 Å². The summed E-state index contributed by atoms with van der Waals surface area (Å²) >= 11 is 0. The lowest BCUT2D eigenvalue weighted by Crippen LogP contribution is -2.35. The first-order valence-corrected chi connectivity index (χ1v) is 12.6. The van der Waals surface area contributed by atoms with Gasteiger partial charge in [0, 0.05) is 58.9 Å². The summed E-state index contributed by atoms with van der Waals surface area (Å²) in [5.41, 5.74) is 26.0. The van der Waals surface area contributed by atoms with Crippen LogP contribution in [0.1, 0.15) is 34.2 Å². The maximum absolute atomic E-state index is 5.99. The zero-order chi connectivity index (χ0) is 25.7. The Morgan fingerprint density at radius 3 is 0.972 bits per heavy atom. The summed E-state index contributed by atoms with van der Waals surface area (Å²) in [5, 5.41) is 0. The van der Waals surface area contributed by atoms with Gasteiger partial charge in [0.1, 0.15) is 0 Å². The van der Waals surface area contributed by atoms with Gasteiger partial charge in [0.2, 0.25) is 0 Å². The van der Waals surface area contributed by atoms with Crippen LogP contribution in [0, 0.1) is 20.8 Å². The number of nitrogens with two attached hydrogens (primary N) is 3. The molecule has 0 aliphatic carbocycles. The van der Waals surface area contributed by atoms with Gasteiger partial charge in [-0.15, -0.1) is 0 Å². The fourth-order valence-corrected chi connectivity index (χ4v) is 4.48. The molecular weight excluding hydrogens is 450 g/mol. The first-order chi connectivity index (χ1) is 17.3. The highest BCUT2D eigenvalue weighted by Crippen LogP contribution is 2.15. The summed E-state index contributed by atoms with van der Waals surface area (Å²) in [6.07, 6.45) is 0. The Morgan fingerprint density at radius 2 is 0.750 bits per heavy atom. The number of rotatable bonds is 6. The number of hydrogen-bond donors (Lipinski definition) is 3. The molecule has 0 aromatic carbocycles. The minimum absolute atomic E-state index is 0.734. The van der Waals surface area contributed by atoms with Crippen LogP contribution < -0.4 is 17.2 Å². The monoisotopic (exact) mass is 489 g/mol. The molecule has 0 spiro atoms. The molecule has 0 saturated carbocycles. The van der Waals surface area contributed by atoms with Gasteiger partial charge in [0.15, 0.2) is 0 Å². The molecular formula is C27H39N9. The molecule has 9 heteroatoms. The van der Waals surface area contributed by atoms with Crippen molar-refractivity contribution in [3.05, 3.63) is 70.6 Å². The molecule has 1 fully saturated rings. The minimum atomic E-state index is 0.734. The highest BCUT2D eigenvalue weighted by atomic mass is 15.3. The van der Waals surface area contributed by atoms with E-state index >= 15 is 0 Å². The van der Waals surface area contributed by atoms with E-state index in [1.165, 1.54) is 0 Å². The summed E-state index contributed by atoms with van der Waals surface area (Å²) in [5.74, 6) is 0. The Hall–Kier alpha value is -3.27. The Balaban J connectivity index is 1.50. The van der Waals surface area contributed by atoms with Crippen molar-refractivity contribution in [1.82, 2.24) is 29.7 Å². The molecule has 6 N–H and O–H groups in total. The predicted molar refractivity (Wildman–Crippen MR) is 146 cm³/mol. The van der Waals surface area contributed by atoms with Gasteiger partial charge >= 0.3 is 0 Å². The summed E-state index contributed by atoms with van der Waals surface area (Å²) < 4.78 is 0. The number of pyridine rings is 3. The molecule has 3 aromatic heterocycles. The van der Waals surface area contributed by atoms with Gasteiger partial charge in [-0.05, 0) is 57.2 Å². The summed E-state index contributed by atoms with van der Waals surface area (Å²) in [6.45, 7) is 14.0. The molecule has 192 valence electrons. The Labute approximate surface area is 214 Å². The first-order valence-electron chi connectivity index (χ1n) is 12.6. The Morgan fingerprint density at radius 1 is 0.500 bits per heavy atom. The number of aryl methyl sites for hydroxylation is 3. The van der Waals surface area contributed by atoms with Gasteiger partial charge in [-0.3, -0.25) is 29.7 Å². The van der Waals surface area contributed by atoms with Crippen LogP contribution in [0.4, 0.5) is 17.1 Å². The van der Waals surface area contributed by atoms with Gasteiger partial charge in [0.25, 0.3) is 0 Å². The van der Waals surface area contributed by atoms with Crippen LogP contribution in [-0.2, 0) is 19.6 Å². The van der Waals surface area contributed by atoms with Crippen molar-refractivity contribution >= 4 is 17.1 Å². The third-order valence-electron chi connectivity index (χ3n) is 6.91. The average molecular weight is 490 g/mol. The molecule has 1 aliphatic heterocycles. The van der Waals surface area contributed by atoms with E-state index in [2.05, 4.69) is 14.7 Å². The van der Waals surface area contributed by atoms with E-state index in [1.54, 1.807) is 0 Å². The third-order valence-corrected chi connectivity index (χ3v) is 6.91. The van der Waals surface area contributed by atoms with Crippen LogP contribution in [0.3, 0.4) is 0 Å². The molecule has 9 nitrogen and oxygen atoms in total. The summed E-state index contributed by atoms with van der Waals surface area (Å²) in [6, 6.07) is 12.0. The van der Waals surface area contributed by atoms with Crippen molar-refractivity contribution < 1.29 is 0 Å². The standard InChI is InChI=1S/C27H39N9/c1-19-25(28)7-4-22(31-19)16-34-10-12-35(17-23-5-8-26(29)20(2)32-23)14-15-36(13-11-34)18-24-6-9-27(30)21(3)33-24/h4-9H,10-18,28-30H2,1-3H3. The van der Waals surface area contributed by atoms with Crippen molar-refractivity contribution in [3.63, 3.8) is 0 Å². The molecule has 0 radical (unpaired) electrons. The maximum Gasteiger partial charge on any atom is 0.0605 e. The average Bonchev–Trinajstić information content (AvgIpc) is 2.93. The van der Waals surface area contributed by atoms with Gasteiger partial charge in [-0.1, -0.05) is 0 Å². The molecule has 0 unspecified atom stereocenters. The zero-order valence-electron chi connectivity index (χ0n) is 21.7. The number of aromatic nitrogens is 3. The number of nitrogens with zero attached hydrogens (tertiary/aromatic N) is 6. The Bertz CT molecular complexity index is 1020. The Kier molecular flexibility index (Phi) is 8.35. The quantitative estimate of drug-likeness (QED) is 0.478. The minimum Gasteiger partial charge on any atom is -0.397 e. The smallest absolute Gasteiger partial charge is 0.0605 e. The van der Waals surface area contributed by atoms with Crippen molar-refractivity contribution in [2.75, 3.05) is 56.5 Å². The van der Waals surface area contributed by atoms with Crippen LogP contribution in [-0.4, -0.2) is 68.9 Å². The third kappa shape index (κ3) is 6.90. The second-order valence-electron chi connectivity index (χ2n) is 9.76. The van der Waals surface area contributed by atoms with Crippen LogP contribution in [0.25, 0.3) is 0 Å². The zero-order valence-corrected chi connectivity index (χ0v) is 21.7. The predicted octanol–water partition coefficient (Wildman–Crippen LogP) is 2.36. The molecule has 3 aromatic rings. The maximum atomic E-state index is 5.99. The van der Waals surface area contributed by atoms with Crippen molar-refractivity contribution in [3.8, 4) is 0 Å². The lowest BCUT2D eigenvalue weighted by Gasteiger charge is -2.25. The van der Waals surface area contributed by atoms with E-state index in [9.17, 15) is 0 Å². The van der Waals surface area contributed by atoms with Crippen LogP contribution >= 0.6 is 0 Å². The molecule has 1 aliphatic rings. The summed E-state index contributed by atoms with van der Waals surface area (Å²) in [4.78, 5) is 21.6. The lowest BCUT2D eigenvalue weighted by atomic mass is 10.2. The molecule has 0 amide bonds. The van der Waals surface area contributed by atoms with Gasteiger partial charge in [-0.25, -0.2) is 0 Å². The van der Waals surface area contributed by atoms with Gasteiger partial charge in [0.05, 0.1) is 51.2 Å². The van der Waals surface area contributed by atoms with E-state index in [0.717, 1.165) is 110 Å². The molecule has 0 atom stereocenters. The molecule has 36 heavy (non-hydrogen) atoms. The largest absolute Gasteiger partial charge is 0.397 e. The van der Waals surface area contributed by atoms with E-state index in [0.29, 0.717) is 0 Å². The molecule has 4 rings (SSSR count). The molecule has 0 bridgehead atoms. The second kappa shape index (κ2) is 11.6. The SMILES string of the molecule is Cc1nc(CN2CCN(Cc3ccc(N)c(C)n3)CCN(Cc3ccc(N)c(C)n3)CC2)ccc1N. The highest BCUT2D eigenvalue weighted by molar-refractivity contribution is 5.43. The van der Waals surface area contributed by atoms with Crippen LogP contribution in [0.5, 0.6) is 0 Å². The normalized spacial score (nSPS) is 16.4. The van der Waals surface area contributed by atoms with Crippen LogP contribution in [0.15, 0.2) is 36.4 Å². The van der Waals surface area contributed by atoms with Crippen molar-refractivity contribution in [2.24, 2.45) is 0 Å². The topological polar surface area (TPSA) is 126 Å². The van der Waals surface area contributed by atoms with E-state index in [4.69, 9.17) is 32.2 Å². The first kappa shape index (κ1) is 25.8. The van der Waals surface area contributed by atoms with Crippen molar-refractivity contribution in [1.29, 1.82) is 0 Å².